The number of nitrogens with zero attached hydrogens (tertiary/aromatic N) is 2. The van der Waals surface area contributed by atoms with E-state index in [0.29, 0.717) is 16.2 Å². The van der Waals surface area contributed by atoms with Crippen LogP contribution in [0.25, 0.3) is 10.9 Å². The molecule has 1 heterocycles. The number of ether oxygens (including phenoxy) is 1. The number of benzene rings is 1. The van der Waals surface area contributed by atoms with Crippen molar-refractivity contribution in [2.75, 3.05) is 5.73 Å². The third kappa shape index (κ3) is 2.41. The Labute approximate surface area is 109 Å². The molecule has 0 saturated heterocycles. The predicted molar refractivity (Wildman–Crippen MR) is 70.8 cm³/mol. The molecule has 0 aliphatic carbocycles. The Morgan fingerprint density at radius 3 is 2.72 bits per heavy atom. The third-order valence-electron chi connectivity index (χ3n) is 2.25. The first-order valence-electron chi connectivity index (χ1n) is 5.44. The van der Waals surface area contributed by atoms with Gasteiger partial charge >= 0.3 is 6.09 Å². The second-order valence-corrected chi connectivity index (χ2v) is 5.38. The summed E-state index contributed by atoms with van der Waals surface area (Å²) in [5.74, 6) is 0. The Balaban J connectivity index is 2.46. The van der Waals surface area contributed by atoms with E-state index in [9.17, 15) is 4.79 Å². The molecule has 0 aliphatic heterocycles. The molecule has 96 valence electrons. The molecule has 0 fully saturated rings. The van der Waals surface area contributed by atoms with Gasteiger partial charge in [0, 0.05) is 5.39 Å². The van der Waals surface area contributed by atoms with Gasteiger partial charge in [-0.15, -0.1) is 0 Å². The van der Waals surface area contributed by atoms with Gasteiger partial charge < -0.3 is 10.5 Å². The van der Waals surface area contributed by atoms with E-state index in [4.69, 9.17) is 22.1 Å². The van der Waals surface area contributed by atoms with Crippen molar-refractivity contribution in [2.24, 2.45) is 0 Å². The van der Waals surface area contributed by atoms with Crippen LogP contribution in [0.3, 0.4) is 0 Å². The van der Waals surface area contributed by atoms with E-state index in [-0.39, 0.29) is 0 Å². The zero-order valence-corrected chi connectivity index (χ0v) is 11.2. The summed E-state index contributed by atoms with van der Waals surface area (Å²) < 4.78 is 6.42. The Morgan fingerprint density at radius 1 is 1.44 bits per heavy atom. The van der Waals surface area contributed by atoms with Gasteiger partial charge in [-0.05, 0) is 32.9 Å². The average molecular weight is 268 g/mol. The van der Waals surface area contributed by atoms with Gasteiger partial charge in [-0.3, -0.25) is 0 Å². The maximum atomic E-state index is 11.9. The van der Waals surface area contributed by atoms with Crippen molar-refractivity contribution in [3.05, 3.63) is 23.4 Å². The van der Waals surface area contributed by atoms with Crippen molar-refractivity contribution in [3.63, 3.8) is 0 Å². The highest BCUT2D eigenvalue weighted by molar-refractivity contribution is 6.33. The summed E-state index contributed by atoms with van der Waals surface area (Å²) in [5.41, 5.74) is 6.14. The quantitative estimate of drug-likeness (QED) is 0.745. The zero-order chi connectivity index (χ0) is 13.5. The van der Waals surface area contributed by atoms with E-state index >= 15 is 0 Å². The van der Waals surface area contributed by atoms with Crippen LogP contribution in [0.5, 0.6) is 0 Å². The van der Waals surface area contributed by atoms with Crippen LogP contribution >= 0.6 is 11.6 Å². The number of fused-ring (bicyclic) bond motifs is 1. The summed E-state index contributed by atoms with van der Waals surface area (Å²) in [6.07, 6.45) is 1.00. The standard InChI is InChI=1S/C12H14ClN3O2/c1-12(2,3)18-11(17)16-10-5-8(13)9(14)4-7(10)6-15-16/h4-6H,14H2,1-3H3. The van der Waals surface area contributed by atoms with E-state index in [1.807, 2.05) is 0 Å². The monoisotopic (exact) mass is 267 g/mol. The van der Waals surface area contributed by atoms with E-state index in [1.54, 1.807) is 39.1 Å². The topological polar surface area (TPSA) is 70.1 Å². The smallest absolute Gasteiger partial charge is 0.435 e. The number of anilines is 1. The first kappa shape index (κ1) is 12.7. The minimum atomic E-state index is -0.576. The second kappa shape index (κ2) is 4.17. The highest BCUT2D eigenvalue weighted by Gasteiger charge is 2.20. The van der Waals surface area contributed by atoms with Gasteiger partial charge in [0.2, 0.25) is 0 Å². The number of hydrogen-bond acceptors (Lipinski definition) is 4. The largest absolute Gasteiger partial charge is 0.442 e. The minimum absolute atomic E-state index is 0.382. The summed E-state index contributed by atoms with van der Waals surface area (Å²) in [4.78, 5) is 11.9. The lowest BCUT2D eigenvalue weighted by Crippen LogP contribution is -2.27. The zero-order valence-electron chi connectivity index (χ0n) is 10.4. The van der Waals surface area contributed by atoms with Gasteiger partial charge in [0.1, 0.15) is 5.60 Å². The van der Waals surface area contributed by atoms with Crippen molar-refractivity contribution in [1.29, 1.82) is 0 Å². The third-order valence-corrected chi connectivity index (χ3v) is 2.58. The number of rotatable bonds is 0. The molecule has 2 rings (SSSR count). The predicted octanol–water partition coefficient (Wildman–Crippen LogP) is 3.06. The molecule has 2 aromatic rings. The number of nitrogen functional groups attached to an aromatic ring is 1. The van der Waals surface area contributed by atoms with Crippen LogP contribution in [0.4, 0.5) is 10.5 Å². The fourth-order valence-electron chi connectivity index (χ4n) is 1.52. The van der Waals surface area contributed by atoms with E-state index in [1.165, 1.54) is 4.68 Å². The van der Waals surface area contributed by atoms with E-state index in [2.05, 4.69) is 5.10 Å². The molecule has 0 atom stereocenters. The molecule has 0 radical (unpaired) electrons. The molecule has 0 amide bonds. The Morgan fingerprint density at radius 2 is 2.11 bits per heavy atom. The highest BCUT2D eigenvalue weighted by Crippen LogP contribution is 2.26. The van der Waals surface area contributed by atoms with E-state index < -0.39 is 11.7 Å². The summed E-state index contributed by atoms with van der Waals surface area (Å²) in [6.45, 7) is 5.38. The van der Waals surface area contributed by atoms with Gasteiger partial charge in [0.05, 0.1) is 22.4 Å². The molecule has 0 saturated carbocycles. The van der Waals surface area contributed by atoms with Crippen LogP contribution in [0, 0.1) is 0 Å². The van der Waals surface area contributed by atoms with Crippen molar-refractivity contribution < 1.29 is 9.53 Å². The summed E-state index contributed by atoms with van der Waals surface area (Å²) in [6, 6.07) is 3.27. The SMILES string of the molecule is CC(C)(C)OC(=O)n1ncc2cc(N)c(Cl)cc21. The molecule has 2 N–H and O–H groups in total. The molecule has 1 aromatic carbocycles. The second-order valence-electron chi connectivity index (χ2n) is 4.97. The molecule has 0 spiro atoms. The van der Waals surface area contributed by atoms with Gasteiger partial charge in [-0.25, -0.2) is 4.79 Å². The molecule has 1 aromatic heterocycles. The van der Waals surface area contributed by atoms with Crippen LogP contribution in [-0.4, -0.2) is 21.5 Å². The summed E-state index contributed by atoms with van der Waals surface area (Å²) in [5, 5.41) is 5.11. The number of hydrogen-bond donors (Lipinski definition) is 1. The molecule has 0 unspecified atom stereocenters. The van der Waals surface area contributed by atoms with Crippen molar-refractivity contribution >= 4 is 34.3 Å². The van der Waals surface area contributed by atoms with Gasteiger partial charge in [0.25, 0.3) is 0 Å². The molecular weight excluding hydrogens is 254 g/mol. The first-order chi connectivity index (χ1) is 8.28. The van der Waals surface area contributed by atoms with Gasteiger partial charge in [0.15, 0.2) is 0 Å². The molecular formula is C12H14ClN3O2. The lowest BCUT2D eigenvalue weighted by Gasteiger charge is -2.19. The maximum absolute atomic E-state index is 11.9. The number of carbonyl (C=O) groups is 1. The molecule has 5 nitrogen and oxygen atoms in total. The van der Waals surface area contributed by atoms with Crippen LogP contribution in [0.15, 0.2) is 18.3 Å². The fourth-order valence-corrected chi connectivity index (χ4v) is 1.67. The summed E-state index contributed by atoms with van der Waals surface area (Å²) in [7, 11) is 0. The molecule has 0 aliphatic rings. The summed E-state index contributed by atoms with van der Waals surface area (Å²) >= 11 is 5.94. The fraction of sp³-hybridized carbons (Fsp3) is 0.333. The lowest BCUT2D eigenvalue weighted by atomic mass is 10.2. The van der Waals surface area contributed by atoms with Crippen LogP contribution < -0.4 is 5.73 Å². The van der Waals surface area contributed by atoms with Crippen molar-refractivity contribution in [3.8, 4) is 0 Å². The normalized spacial score (nSPS) is 11.8. The van der Waals surface area contributed by atoms with E-state index in [0.717, 1.165) is 5.39 Å². The van der Waals surface area contributed by atoms with Crippen LogP contribution in [0.2, 0.25) is 5.02 Å². The van der Waals surface area contributed by atoms with Crippen molar-refractivity contribution in [1.82, 2.24) is 9.78 Å². The average Bonchev–Trinajstić information content (AvgIpc) is 2.59. The lowest BCUT2D eigenvalue weighted by molar-refractivity contribution is 0.0523. The Kier molecular flexibility index (Phi) is 2.94. The number of halogens is 1. The molecule has 6 heteroatoms. The van der Waals surface area contributed by atoms with Crippen molar-refractivity contribution in [2.45, 2.75) is 26.4 Å². The minimum Gasteiger partial charge on any atom is -0.442 e. The number of nitrogens with two attached hydrogens (primary N) is 1. The van der Waals surface area contributed by atoms with Gasteiger partial charge in [-0.2, -0.15) is 9.78 Å². The van der Waals surface area contributed by atoms with Crippen LogP contribution in [-0.2, 0) is 4.74 Å². The Bertz CT molecular complexity index is 614. The van der Waals surface area contributed by atoms with Crippen LogP contribution in [0.1, 0.15) is 20.8 Å². The Hall–Kier alpha value is -1.75. The number of aromatic nitrogens is 2. The molecule has 18 heavy (non-hydrogen) atoms. The first-order valence-corrected chi connectivity index (χ1v) is 5.82. The molecule has 0 bridgehead atoms. The maximum Gasteiger partial charge on any atom is 0.435 e. The number of carbonyl (C=O) groups excluding carboxylic acids is 1. The van der Waals surface area contributed by atoms with Gasteiger partial charge in [-0.1, -0.05) is 11.6 Å². The highest BCUT2D eigenvalue weighted by atomic mass is 35.5.